The van der Waals surface area contributed by atoms with E-state index in [1.165, 1.54) is 39.8 Å². The standard InChI is InChI=1S/C14H19NO7/c1-7(16)15-11-5-6-12(20-8(2)17)14(22-10(4)19)13(11)21-9(3)18/h5-6,11-14H,1-4H3,(H,15,16)/t11-,12-,13-,14+/m0/s1. The van der Waals surface area contributed by atoms with Crippen LogP contribution in [-0.2, 0) is 33.4 Å². The number of esters is 3. The summed E-state index contributed by atoms with van der Waals surface area (Å²) < 4.78 is 15.4. The molecule has 0 saturated heterocycles. The lowest BCUT2D eigenvalue weighted by atomic mass is 9.93. The van der Waals surface area contributed by atoms with E-state index in [2.05, 4.69) is 5.32 Å². The van der Waals surface area contributed by atoms with Gasteiger partial charge in [0.15, 0.2) is 18.3 Å². The quantitative estimate of drug-likeness (QED) is 0.437. The Morgan fingerprint density at radius 2 is 1.27 bits per heavy atom. The Hall–Kier alpha value is -2.38. The minimum Gasteiger partial charge on any atom is -0.456 e. The number of rotatable bonds is 4. The molecule has 0 aromatic rings. The molecule has 0 unspecified atom stereocenters. The Bertz CT molecular complexity index is 455. The molecule has 0 aromatic heterocycles. The van der Waals surface area contributed by atoms with E-state index in [4.69, 9.17) is 14.2 Å². The topological polar surface area (TPSA) is 108 Å². The second-order valence-electron chi connectivity index (χ2n) is 4.83. The van der Waals surface area contributed by atoms with Crippen LogP contribution in [0.4, 0.5) is 0 Å². The number of nitrogens with one attached hydrogen (secondary N) is 1. The molecule has 1 rings (SSSR count). The molecule has 22 heavy (non-hydrogen) atoms. The molecule has 0 fully saturated rings. The van der Waals surface area contributed by atoms with Crippen LogP contribution in [0.25, 0.3) is 0 Å². The van der Waals surface area contributed by atoms with Crippen LogP contribution in [-0.4, -0.2) is 48.2 Å². The molecule has 1 aliphatic carbocycles. The molecule has 0 saturated carbocycles. The van der Waals surface area contributed by atoms with Gasteiger partial charge in [0.1, 0.15) is 0 Å². The normalized spacial score (nSPS) is 26.7. The predicted octanol–water partition coefficient (Wildman–Crippen LogP) is -0.144. The summed E-state index contributed by atoms with van der Waals surface area (Å²) in [5, 5.41) is 2.58. The molecule has 1 N–H and O–H groups in total. The van der Waals surface area contributed by atoms with Crippen molar-refractivity contribution in [3.8, 4) is 0 Å². The summed E-state index contributed by atoms with van der Waals surface area (Å²) >= 11 is 0. The maximum absolute atomic E-state index is 11.3. The van der Waals surface area contributed by atoms with E-state index in [-0.39, 0.29) is 5.91 Å². The maximum Gasteiger partial charge on any atom is 0.303 e. The van der Waals surface area contributed by atoms with Gasteiger partial charge in [-0.15, -0.1) is 0 Å². The van der Waals surface area contributed by atoms with Gasteiger partial charge in [-0.25, -0.2) is 0 Å². The molecule has 0 spiro atoms. The average molecular weight is 313 g/mol. The van der Waals surface area contributed by atoms with Crippen LogP contribution >= 0.6 is 0 Å². The second kappa shape index (κ2) is 7.58. The molecule has 8 heteroatoms. The van der Waals surface area contributed by atoms with E-state index < -0.39 is 42.3 Å². The van der Waals surface area contributed by atoms with Crippen molar-refractivity contribution in [3.05, 3.63) is 12.2 Å². The third-order valence-corrected chi connectivity index (χ3v) is 2.79. The van der Waals surface area contributed by atoms with Gasteiger partial charge >= 0.3 is 17.9 Å². The Labute approximate surface area is 127 Å². The summed E-state index contributed by atoms with van der Waals surface area (Å²) in [4.78, 5) is 45.0. The second-order valence-corrected chi connectivity index (χ2v) is 4.83. The largest absolute Gasteiger partial charge is 0.456 e. The van der Waals surface area contributed by atoms with Gasteiger partial charge in [0.2, 0.25) is 5.91 Å². The molecule has 1 amide bonds. The first-order chi connectivity index (χ1) is 10.2. The van der Waals surface area contributed by atoms with Crippen molar-refractivity contribution in [2.75, 3.05) is 0 Å². The Morgan fingerprint density at radius 3 is 1.73 bits per heavy atom. The van der Waals surface area contributed by atoms with Gasteiger partial charge in [0.25, 0.3) is 0 Å². The van der Waals surface area contributed by atoms with E-state index in [0.717, 1.165) is 0 Å². The van der Waals surface area contributed by atoms with Crippen LogP contribution in [0.1, 0.15) is 27.7 Å². The Morgan fingerprint density at radius 1 is 0.773 bits per heavy atom. The fraction of sp³-hybridized carbons (Fsp3) is 0.571. The highest BCUT2D eigenvalue weighted by molar-refractivity contribution is 5.74. The zero-order valence-corrected chi connectivity index (χ0v) is 12.8. The molecule has 0 aromatic carbocycles. The number of hydrogen-bond donors (Lipinski definition) is 1. The average Bonchev–Trinajstić information content (AvgIpc) is 2.34. The van der Waals surface area contributed by atoms with E-state index in [1.54, 1.807) is 0 Å². The SMILES string of the molecule is CC(=O)N[C@H]1C=C[C@H](OC(C)=O)[C@@H](OC(C)=O)[C@H]1OC(C)=O. The summed E-state index contributed by atoms with van der Waals surface area (Å²) in [6.07, 6.45) is 0.0562. The van der Waals surface area contributed by atoms with Crippen molar-refractivity contribution in [1.29, 1.82) is 0 Å². The van der Waals surface area contributed by atoms with E-state index in [1.807, 2.05) is 0 Å². The Balaban J connectivity index is 3.11. The molecule has 0 heterocycles. The smallest absolute Gasteiger partial charge is 0.303 e. The van der Waals surface area contributed by atoms with Crippen LogP contribution in [0.5, 0.6) is 0 Å². The number of ether oxygens (including phenoxy) is 3. The van der Waals surface area contributed by atoms with Crippen LogP contribution < -0.4 is 5.32 Å². The van der Waals surface area contributed by atoms with E-state index in [9.17, 15) is 19.2 Å². The lowest BCUT2D eigenvalue weighted by molar-refractivity contribution is -0.182. The molecule has 0 radical (unpaired) electrons. The minimum atomic E-state index is -1.05. The van der Waals surface area contributed by atoms with Crippen LogP contribution in [0.15, 0.2) is 12.2 Å². The number of hydrogen-bond acceptors (Lipinski definition) is 7. The first-order valence-corrected chi connectivity index (χ1v) is 6.67. The lowest BCUT2D eigenvalue weighted by Crippen LogP contribution is -2.56. The molecular formula is C14H19NO7. The van der Waals surface area contributed by atoms with Gasteiger partial charge in [-0.2, -0.15) is 0 Å². The van der Waals surface area contributed by atoms with Crippen molar-refractivity contribution in [3.63, 3.8) is 0 Å². The zero-order chi connectivity index (χ0) is 16.9. The van der Waals surface area contributed by atoms with Gasteiger partial charge in [0.05, 0.1) is 6.04 Å². The summed E-state index contributed by atoms with van der Waals surface area (Å²) in [5.74, 6) is -2.17. The van der Waals surface area contributed by atoms with Crippen molar-refractivity contribution in [2.45, 2.75) is 52.0 Å². The Kier molecular flexibility index (Phi) is 6.09. The molecule has 8 nitrogen and oxygen atoms in total. The predicted molar refractivity (Wildman–Crippen MR) is 73.4 cm³/mol. The van der Waals surface area contributed by atoms with Crippen molar-refractivity contribution < 1.29 is 33.4 Å². The summed E-state index contributed by atoms with van der Waals surface area (Å²) in [6.45, 7) is 4.88. The third-order valence-electron chi connectivity index (χ3n) is 2.79. The summed E-state index contributed by atoms with van der Waals surface area (Å²) in [5.41, 5.74) is 0. The highest BCUT2D eigenvalue weighted by atomic mass is 16.6. The van der Waals surface area contributed by atoms with Gasteiger partial charge < -0.3 is 19.5 Å². The van der Waals surface area contributed by atoms with Gasteiger partial charge in [-0.3, -0.25) is 19.2 Å². The lowest BCUT2D eigenvalue weighted by Gasteiger charge is -2.37. The van der Waals surface area contributed by atoms with E-state index >= 15 is 0 Å². The molecule has 0 aliphatic heterocycles. The first kappa shape index (κ1) is 17.7. The fourth-order valence-electron chi connectivity index (χ4n) is 2.16. The minimum absolute atomic E-state index is 0.348. The molecular weight excluding hydrogens is 294 g/mol. The van der Waals surface area contributed by atoms with Gasteiger partial charge in [-0.1, -0.05) is 6.08 Å². The van der Waals surface area contributed by atoms with Crippen LogP contribution in [0, 0.1) is 0 Å². The number of carbonyl (C=O) groups is 4. The molecule has 4 atom stereocenters. The number of carbonyl (C=O) groups excluding carboxylic acids is 4. The highest BCUT2D eigenvalue weighted by Crippen LogP contribution is 2.23. The molecule has 1 aliphatic rings. The van der Waals surface area contributed by atoms with Crippen LogP contribution in [0.3, 0.4) is 0 Å². The van der Waals surface area contributed by atoms with Crippen LogP contribution in [0.2, 0.25) is 0 Å². The first-order valence-electron chi connectivity index (χ1n) is 6.67. The highest BCUT2D eigenvalue weighted by Gasteiger charge is 2.43. The van der Waals surface area contributed by atoms with Crippen molar-refractivity contribution in [2.24, 2.45) is 0 Å². The molecule has 0 bridgehead atoms. The maximum atomic E-state index is 11.3. The summed E-state index contributed by atoms with van der Waals surface area (Å²) in [7, 11) is 0. The number of amides is 1. The van der Waals surface area contributed by atoms with E-state index in [0.29, 0.717) is 0 Å². The fourth-order valence-corrected chi connectivity index (χ4v) is 2.16. The van der Waals surface area contributed by atoms with Crippen molar-refractivity contribution >= 4 is 23.8 Å². The van der Waals surface area contributed by atoms with Crippen molar-refractivity contribution in [1.82, 2.24) is 5.32 Å². The van der Waals surface area contributed by atoms with Gasteiger partial charge in [0, 0.05) is 27.7 Å². The molecule has 122 valence electrons. The monoisotopic (exact) mass is 313 g/mol. The zero-order valence-electron chi connectivity index (χ0n) is 12.8. The third kappa shape index (κ3) is 5.19. The van der Waals surface area contributed by atoms with Gasteiger partial charge in [-0.05, 0) is 6.08 Å². The summed E-state index contributed by atoms with van der Waals surface area (Å²) in [6, 6.07) is -0.697.